The summed E-state index contributed by atoms with van der Waals surface area (Å²) in [6.07, 6.45) is 3.00. The normalized spacial score (nSPS) is 26.7. The first kappa shape index (κ1) is 18.9. The molecule has 1 radical (unpaired) electrons. The first-order valence-corrected chi connectivity index (χ1v) is 9.09. The van der Waals surface area contributed by atoms with E-state index in [0.29, 0.717) is 19.3 Å². The van der Waals surface area contributed by atoms with Crippen molar-refractivity contribution in [1.82, 2.24) is 0 Å². The molecule has 0 bridgehead atoms. The third-order valence-corrected chi connectivity index (χ3v) is 5.66. The first-order valence-electron chi connectivity index (χ1n) is 8.15. The number of carbonyl (C=O) groups is 2. The number of aliphatic hydroxyl groups is 2. The third kappa shape index (κ3) is 4.78. The average Bonchev–Trinajstić information content (AvgIpc) is 3.04. The van der Waals surface area contributed by atoms with Gasteiger partial charge < -0.3 is 21.7 Å². The summed E-state index contributed by atoms with van der Waals surface area (Å²) in [7, 11) is 0. The first-order chi connectivity index (χ1) is 11.3. The maximum absolute atomic E-state index is 11.8. The second kappa shape index (κ2) is 8.09. The van der Waals surface area contributed by atoms with Crippen LogP contribution in [0.5, 0.6) is 0 Å². The van der Waals surface area contributed by atoms with Gasteiger partial charge in [-0.05, 0) is 67.3 Å². The Labute approximate surface area is 145 Å². The Morgan fingerprint density at radius 3 is 2.54 bits per heavy atom. The van der Waals surface area contributed by atoms with Crippen LogP contribution in [-0.4, -0.2) is 33.7 Å². The molecule has 2 atom stereocenters. The summed E-state index contributed by atoms with van der Waals surface area (Å²) in [4.78, 5) is 23.1. The summed E-state index contributed by atoms with van der Waals surface area (Å²) in [6, 6.07) is 1.97. The van der Waals surface area contributed by atoms with Crippen molar-refractivity contribution in [3.63, 3.8) is 0 Å². The van der Waals surface area contributed by atoms with Crippen LogP contribution in [0.25, 0.3) is 0 Å². The van der Waals surface area contributed by atoms with E-state index in [2.05, 4.69) is 0 Å². The van der Waals surface area contributed by atoms with Crippen LogP contribution in [0.3, 0.4) is 0 Å². The second-order valence-corrected chi connectivity index (χ2v) is 7.39. The molecule has 24 heavy (non-hydrogen) atoms. The van der Waals surface area contributed by atoms with Gasteiger partial charge in [0, 0.05) is 5.92 Å². The quantitative estimate of drug-likeness (QED) is 0.550. The minimum absolute atomic E-state index is 0.0806. The lowest BCUT2D eigenvalue weighted by Gasteiger charge is -2.40. The highest BCUT2D eigenvalue weighted by molar-refractivity contribution is 7.07. The molecule has 1 aliphatic rings. The van der Waals surface area contributed by atoms with Crippen LogP contribution in [0.2, 0.25) is 0 Å². The molecule has 0 spiro atoms. The van der Waals surface area contributed by atoms with E-state index in [0.717, 1.165) is 5.56 Å². The molecule has 2 amide bonds. The highest BCUT2D eigenvalue weighted by atomic mass is 32.1. The summed E-state index contributed by atoms with van der Waals surface area (Å²) in [5.41, 5.74) is 10.6. The number of thiophene rings is 1. The number of carbonyl (C=O) groups excluding carboxylic acids is 2. The van der Waals surface area contributed by atoms with E-state index in [-0.39, 0.29) is 31.1 Å². The zero-order valence-corrected chi connectivity index (χ0v) is 14.4. The number of hydrogen-bond donors (Lipinski definition) is 4. The van der Waals surface area contributed by atoms with Gasteiger partial charge in [-0.3, -0.25) is 9.59 Å². The van der Waals surface area contributed by atoms with E-state index in [1.54, 1.807) is 17.8 Å². The van der Waals surface area contributed by atoms with Crippen LogP contribution in [0.4, 0.5) is 0 Å². The number of rotatable bonds is 8. The lowest BCUT2D eigenvalue weighted by Crippen LogP contribution is -2.49. The molecule has 6 nitrogen and oxygen atoms in total. The fourth-order valence-corrected chi connectivity index (χ4v) is 4.05. The monoisotopic (exact) mass is 353 g/mol. The summed E-state index contributed by atoms with van der Waals surface area (Å²) >= 11 is 1.58. The van der Waals surface area contributed by atoms with E-state index < -0.39 is 23.5 Å². The third-order valence-electron chi connectivity index (χ3n) is 4.93. The molecule has 133 valence electrons. The predicted molar refractivity (Wildman–Crippen MR) is 91.7 cm³/mol. The molecule has 1 aromatic rings. The Bertz CT molecular complexity index is 553. The van der Waals surface area contributed by atoms with Gasteiger partial charge in [0.25, 0.3) is 0 Å². The number of primary amides is 2. The molecule has 1 heterocycles. The Morgan fingerprint density at radius 1 is 1.38 bits per heavy atom. The van der Waals surface area contributed by atoms with Crippen molar-refractivity contribution in [2.45, 2.75) is 50.2 Å². The zero-order valence-electron chi connectivity index (χ0n) is 13.6. The molecular formula is C17H25N2O4S. The number of aliphatic hydroxyl groups excluding tert-OH is 1. The highest BCUT2D eigenvalue weighted by Crippen LogP contribution is 2.39. The molecular weight excluding hydrogens is 328 g/mol. The number of amides is 2. The van der Waals surface area contributed by atoms with Crippen molar-refractivity contribution in [3.8, 4) is 0 Å². The Hall–Kier alpha value is -1.44. The van der Waals surface area contributed by atoms with Gasteiger partial charge in [0.2, 0.25) is 11.8 Å². The maximum Gasteiger partial charge on any atom is 0.223 e. The summed E-state index contributed by atoms with van der Waals surface area (Å²) < 4.78 is 0. The Kier molecular flexibility index (Phi) is 6.37. The molecule has 6 N–H and O–H groups in total. The molecule has 1 aliphatic carbocycles. The van der Waals surface area contributed by atoms with E-state index >= 15 is 0 Å². The largest absolute Gasteiger partial charge is 0.393 e. The van der Waals surface area contributed by atoms with Crippen molar-refractivity contribution in [1.29, 1.82) is 0 Å². The van der Waals surface area contributed by atoms with Gasteiger partial charge >= 0.3 is 0 Å². The Balaban J connectivity index is 1.93. The molecule has 1 fully saturated rings. The Morgan fingerprint density at radius 2 is 2.04 bits per heavy atom. The van der Waals surface area contributed by atoms with Gasteiger partial charge in [0.1, 0.15) is 0 Å². The van der Waals surface area contributed by atoms with Gasteiger partial charge in [-0.25, -0.2) is 0 Å². The minimum Gasteiger partial charge on any atom is -0.393 e. The lowest BCUT2D eigenvalue weighted by atomic mass is 9.70. The topological polar surface area (TPSA) is 127 Å². The molecule has 2 unspecified atom stereocenters. The molecule has 2 rings (SSSR count). The SMILES string of the molecule is NC(=O)C1CCC(O)(C(CC(O)[CH]Cc2ccsc2)C(N)=O)CC1. The van der Waals surface area contributed by atoms with E-state index in [4.69, 9.17) is 11.5 Å². The summed E-state index contributed by atoms with van der Waals surface area (Å²) in [5, 5.41) is 25.0. The fourth-order valence-electron chi connectivity index (χ4n) is 3.37. The van der Waals surface area contributed by atoms with Gasteiger partial charge in [-0.1, -0.05) is 0 Å². The van der Waals surface area contributed by atoms with Crippen molar-refractivity contribution in [2.75, 3.05) is 0 Å². The van der Waals surface area contributed by atoms with Gasteiger partial charge in [0.15, 0.2) is 0 Å². The van der Waals surface area contributed by atoms with Gasteiger partial charge in [0.05, 0.1) is 17.6 Å². The molecule has 7 heteroatoms. The van der Waals surface area contributed by atoms with E-state index in [1.807, 2.05) is 16.8 Å². The smallest absolute Gasteiger partial charge is 0.223 e. The van der Waals surface area contributed by atoms with Crippen molar-refractivity contribution >= 4 is 23.2 Å². The molecule has 1 saturated carbocycles. The summed E-state index contributed by atoms with van der Waals surface area (Å²) in [5.74, 6) is -2.12. The number of nitrogens with two attached hydrogens (primary N) is 2. The van der Waals surface area contributed by atoms with Crippen molar-refractivity contribution in [3.05, 3.63) is 28.8 Å². The van der Waals surface area contributed by atoms with Gasteiger partial charge in [-0.15, -0.1) is 0 Å². The second-order valence-electron chi connectivity index (χ2n) is 6.61. The molecule has 0 aromatic carbocycles. The lowest BCUT2D eigenvalue weighted by molar-refractivity contribution is -0.139. The molecule has 1 aromatic heterocycles. The number of hydrogen-bond acceptors (Lipinski definition) is 5. The van der Waals surface area contributed by atoms with Crippen LogP contribution in [0, 0.1) is 18.3 Å². The fraction of sp³-hybridized carbons (Fsp3) is 0.588. The van der Waals surface area contributed by atoms with E-state index in [9.17, 15) is 19.8 Å². The maximum atomic E-state index is 11.8. The zero-order chi connectivity index (χ0) is 17.7. The van der Waals surface area contributed by atoms with Crippen molar-refractivity contribution < 1.29 is 19.8 Å². The summed E-state index contributed by atoms with van der Waals surface area (Å²) in [6.45, 7) is 0. The average molecular weight is 353 g/mol. The van der Waals surface area contributed by atoms with Crippen LogP contribution >= 0.6 is 11.3 Å². The predicted octanol–water partition coefficient (Wildman–Crippen LogP) is 0.754. The van der Waals surface area contributed by atoms with Crippen LogP contribution < -0.4 is 11.5 Å². The van der Waals surface area contributed by atoms with Crippen LogP contribution in [-0.2, 0) is 16.0 Å². The molecule has 0 saturated heterocycles. The minimum atomic E-state index is -1.28. The van der Waals surface area contributed by atoms with Crippen LogP contribution in [0.15, 0.2) is 16.8 Å². The van der Waals surface area contributed by atoms with Gasteiger partial charge in [-0.2, -0.15) is 11.3 Å². The van der Waals surface area contributed by atoms with Crippen molar-refractivity contribution in [2.24, 2.45) is 23.3 Å². The molecule has 0 aliphatic heterocycles. The highest BCUT2D eigenvalue weighted by Gasteiger charge is 2.44. The standard InChI is InChI=1S/C17H25N2O4S/c18-15(21)12-3-6-17(23,7-4-12)14(16(19)22)9-13(20)2-1-11-5-8-24-10-11/h2,5,8,10,12-14,20,23H,1,3-4,6-7,9H2,(H2,18,21)(H2,19,22). The van der Waals surface area contributed by atoms with Crippen LogP contribution in [0.1, 0.15) is 37.7 Å². The van der Waals surface area contributed by atoms with E-state index in [1.165, 1.54) is 0 Å².